The lowest BCUT2D eigenvalue weighted by Crippen LogP contribution is -2.08. The summed E-state index contributed by atoms with van der Waals surface area (Å²) in [6.45, 7) is 0.356. The summed E-state index contributed by atoms with van der Waals surface area (Å²) in [4.78, 5) is 0. The third kappa shape index (κ3) is 2.60. The predicted octanol–water partition coefficient (Wildman–Crippen LogP) is 3.75. The van der Waals surface area contributed by atoms with Crippen molar-refractivity contribution in [2.75, 3.05) is 5.32 Å². The number of anilines is 1. The van der Waals surface area contributed by atoms with Gasteiger partial charge in [0.05, 0.1) is 17.3 Å². The van der Waals surface area contributed by atoms with Crippen molar-refractivity contribution < 1.29 is 4.39 Å². The largest absolute Gasteiger partial charge is 0.374 e. The van der Waals surface area contributed by atoms with Gasteiger partial charge in [-0.3, -0.25) is 0 Å². The quantitative estimate of drug-likeness (QED) is 0.934. The van der Waals surface area contributed by atoms with Crippen LogP contribution in [0.15, 0.2) is 12.1 Å². The SMILES string of the molecule is Cn1c(CNc2c(F)cc(Cl)cc2Cl)nnc1C1CC1. The lowest BCUT2D eigenvalue weighted by Gasteiger charge is -2.10. The maximum absolute atomic E-state index is 13.8. The van der Waals surface area contributed by atoms with Crippen LogP contribution in [0.3, 0.4) is 0 Å². The molecule has 3 rings (SSSR count). The average Bonchev–Trinajstić information content (AvgIpc) is 3.14. The van der Waals surface area contributed by atoms with Crippen LogP contribution in [0.1, 0.15) is 30.4 Å². The number of benzene rings is 1. The molecular weight excluding hydrogens is 302 g/mol. The van der Waals surface area contributed by atoms with E-state index in [-0.39, 0.29) is 15.7 Å². The molecule has 7 heteroatoms. The molecule has 1 fully saturated rings. The second-order valence-corrected chi connectivity index (χ2v) is 5.75. The van der Waals surface area contributed by atoms with Crippen molar-refractivity contribution in [2.24, 2.45) is 7.05 Å². The minimum absolute atomic E-state index is 0.229. The third-order valence-electron chi connectivity index (χ3n) is 3.37. The fourth-order valence-electron chi connectivity index (χ4n) is 2.10. The number of aromatic nitrogens is 3. The molecule has 0 saturated heterocycles. The monoisotopic (exact) mass is 314 g/mol. The molecule has 1 heterocycles. The van der Waals surface area contributed by atoms with Gasteiger partial charge in [-0.05, 0) is 25.0 Å². The Morgan fingerprint density at radius 3 is 2.75 bits per heavy atom. The van der Waals surface area contributed by atoms with Gasteiger partial charge in [-0.15, -0.1) is 10.2 Å². The van der Waals surface area contributed by atoms with Gasteiger partial charge < -0.3 is 9.88 Å². The first kappa shape index (κ1) is 13.6. The van der Waals surface area contributed by atoms with E-state index in [1.165, 1.54) is 12.1 Å². The summed E-state index contributed by atoms with van der Waals surface area (Å²) in [7, 11) is 1.92. The van der Waals surface area contributed by atoms with E-state index in [2.05, 4.69) is 15.5 Å². The highest BCUT2D eigenvalue weighted by Gasteiger charge is 2.29. The highest BCUT2D eigenvalue weighted by molar-refractivity contribution is 6.36. The van der Waals surface area contributed by atoms with Crippen LogP contribution in [0.4, 0.5) is 10.1 Å². The van der Waals surface area contributed by atoms with Crippen LogP contribution in [0, 0.1) is 5.82 Å². The molecule has 20 heavy (non-hydrogen) atoms. The smallest absolute Gasteiger partial charge is 0.152 e. The molecule has 1 N–H and O–H groups in total. The van der Waals surface area contributed by atoms with Crippen molar-refractivity contribution in [2.45, 2.75) is 25.3 Å². The Morgan fingerprint density at radius 2 is 2.10 bits per heavy atom. The first-order valence-electron chi connectivity index (χ1n) is 6.33. The van der Waals surface area contributed by atoms with Crippen LogP contribution < -0.4 is 5.32 Å². The highest BCUT2D eigenvalue weighted by Crippen LogP contribution is 2.38. The van der Waals surface area contributed by atoms with Crippen molar-refractivity contribution in [3.05, 3.63) is 39.6 Å². The zero-order chi connectivity index (χ0) is 14.3. The fraction of sp³-hybridized carbons (Fsp3) is 0.385. The Labute approximate surface area is 125 Å². The normalized spacial score (nSPS) is 14.6. The van der Waals surface area contributed by atoms with E-state index in [1.807, 2.05) is 11.6 Å². The van der Waals surface area contributed by atoms with E-state index in [9.17, 15) is 4.39 Å². The van der Waals surface area contributed by atoms with Crippen molar-refractivity contribution in [1.29, 1.82) is 0 Å². The standard InChI is InChI=1S/C13H13Cl2FN4/c1-20-11(18-19-13(20)7-2-3-7)6-17-12-9(15)4-8(14)5-10(12)16/h4-5,7,17H,2-3,6H2,1H3. The van der Waals surface area contributed by atoms with Crippen LogP contribution in [-0.4, -0.2) is 14.8 Å². The van der Waals surface area contributed by atoms with Crippen molar-refractivity contribution >= 4 is 28.9 Å². The molecule has 1 aromatic carbocycles. The van der Waals surface area contributed by atoms with E-state index < -0.39 is 5.82 Å². The second-order valence-electron chi connectivity index (χ2n) is 4.91. The summed E-state index contributed by atoms with van der Waals surface area (Å²) < 4.78 is 15.7. The lowest BCUT2D eigenvalue weighted by molar-refractivity contribution is 0.629. The van der Waals surface area contributed by atoms with E-state index in [0.717, 1.165) is 24.5 Å². The number of nitrogens with one attached hydrogen (secondary N) is 1. The number of hydrogen-bond acceptors (Lipinski definition) is 3. The topological polar surface area (TPSA) is 42.7 Å². The van der Waals surface area contributed by atoms with Gasteiger partial charge in [0.25, 0.3) is 0 Å². The molecule has 4 nitrogen and oxygen atoms in total. The Kier molecular flexibility index (Phi) is 3.56. The van der Waals surface area contributed by atoms with Gasteiger partial charge in [0.15, 0.2) is 5.82 Å². The molecule has 2 aromatic rings. The second kappa shape index (κ2) is 5.22. The van der Waals surface area contributed by atoms with E-state index in [1.54, 1.807) is 0 Å². The molecule has 0 bridgehead atoms. The van der Waals surface area contributed by atoms with Gasteiger partial charge in [0.1, 0.15) is 11.6 Å². The van der Waals surface area contributed by atoms with Gasteiger partial charge in [0.2, 0.25) is 0 Å². The molecule has 1 aliphatic carbocycles. The maximum Gasteiger partial charge on any atom is 0.152 e. The molecule has 1 aliphatic rings. The predicted molar refractivity (Wildman–Crippen MR) is 76.7 cm³/mol. The van der Waals surface area contributed by atoms with Gasteiger partial charge in [-0.1, -0.05) is 23.2 Å². The van der Waals surface area contributed by atoms with Crippen LogP contribution in [0.2, 0.25) is 10.0 Å². The lowest BCUT2D eigenvalue weighted by atomic mass is 10.3. The molecular formula is C13H13Cl2FN4. The summed E-state index contributed by atoms with van der Waals surface area (Å²) in [6.07, 6.45) is 2.33. The van der Waals surface area contributed by atoms with Crippen LogP contribution >= 0.6 is 23.2 Å². The van der Waals surface area contributed by atoms with Gasteiger partial charge in [-0.25, -0.2) is 4.39 Å². The van der Waals surface area contributed by atoms with Gasteiger partial charge in [-0.2, -0.15) is 0 Å². The minimum atomic E-state index is -0.480. The fourth-order valence-corrected chi connectivity index (χ4v) is 2.64. The number of nitrogens with zero attached hydrogens (tertiary/aromatic N) is 3. The minimum Gasteiger partial charge on any atom is -0.374 e. The summed E-state index contributed by atoms with van der Waals surface area (Å²) >= 11 is 11.7. The Balaban J connectivity index is 1.76. The molecule has 0 radical (unpaired) electrons. The van der Waals surface area contributed by atoms with Crippen molar-refractivity contribution in [3.8, 4) is 0 Å². The summed E-state index contributed by atoms with van der Waals surface area (Å²) in [6, 6.07) is 2.73. The summed E-state index contributed by atoms with van der Waals surface area (Å²) in [5.41, 5.74) is 0.229. The van der Waals surface area contributed by atoms with E-state index >= 15 is 0 Å². The first-order valence-corrected chi connectivity index (χ1v) is 7.08. The molecule has 1 aromatic heterocycles. The highest BCUT2D eigenvalue weighted by atomic mass is 35.5. The van der Waals surface area contributed by atoms with Crippen LogP contribution in [0.5, 0.6) is 0 Å². The number of hydrogen-bond donors (Lipinski definition) is 1. The van der Waals surface area contributed by atoms with Crippen LogP contribution in [0.25, 0.3) is 0 Å². The molecule has 0 amide bonds. The van der Waals surface area contributed by atoms with Crippen molar-refractivity contribution in [3.63, 3.8) is 0 Å². The molecule has 1 saturated carbocycles. The third-order valence-corrected chi connectivity index (χ3v) is 3.89. The maximum atomic E-state index is 13.8. The summed E-state index contributed by atoms with van der Waals surface area (Å²) in [5.74, 6) is 1.78. The average molecular weight is 315 g/mol. The molecule has 0 spiro atoms. The molecule has 0 unspecified atom stereocenters. The number of rotatable bonds is 4. The van der Waals surface area contributed by atoms with E-state index in [4.69, 9.17) is 23.2 Å². The Hall–Kier alpha value is -1.33. The molecule has 0 atom stereocenters. The number of halogens is 3. The Bertz CT molecular complexity index is 629. The van der Waals surface area contributed by atoms with Crippen LogP contribution in [-0.2, 0) is 13.6 Å². The zero-order valence-corrected chi connectivity index (χ0v) is 12.3. The zero-order valence-electron chi connectivity index (χ0n) is 10.8. The van der Waals surface area contributed by atoms with Gasteiger partial charge >= 0.3 is 0 Å². The summed E-state index contributed by atoms with van der Waals surface area (Å²) in [5, 5.41) is 11.8. The Morgan fingerprint density at radius 1 is 1.35 bits per heavy atom. The molecule has 106 valence electrons. The van der Waals surface area contributed by atoms with E-state index in [0.29, 0.717) is 12.5 Å². The first-order chi connectivity index (χ1) is 9.56. The molecule has 0 aliphatic heterocycles. The van der Waals surface area contributed by atoms with Gasteiger partial charge in [0, 0.05) is 18.0 Å². The van der Waals surface area contributed by atoms with Crippen molar-refractivity contribution in [1.82, 2.24) is 14.8 Å².